The Morgan fingerprint density at radius 2 is 1.54 bits per heavy atom. The lowest BCUT2D eigenvalue weighted by Gasteiger charge is -2.51. The number of halogens is 1. The largest absolute Gasteiger partial charge is 0.507 e. The van der Waals surface area contributed by atoms with Crippen LogP contribution >= 0.6 is 11.6 Å². The first-order valence-corrected chi connectivity index (χ1v) is 17.6. The molecule has 13 heteroatoms. The Bertz CT molecular complexity index is 2330. The van der Waals surface area contributed by atoms with Crippen molar-refractivity contribution in [3.8, 4) is 23.0 Å². The van der Waals surface area contributed by atoms with Crippen molar-refractivity contribution in [2.24, 2.45) is 23.7 Å². The number of carboxylic acid groups (broad SMARTS) is 1. The summed E-state index contributed by atoms with van der Waals surface area (Å²) in [4.78, 5) is 72.8. The lowest BCUT2D eigenvalue weighted by atomic mass is 9.49. The van der Waals surface area contributed by atoms with E-state index in [0.717, 1.165) is 21.9 Å². The van der Waals surface area contributed by atoms with Crippen LogP contribution in [0.15, 0.2) is 96.6 Å². The van der Waals surface area contributed by atoms with E-state index in [1.54, 1.807) is 54.6 Å². The molecule has 4 amide bonds. The number of aromatic carboxylic acids is 1. The summed E-state index contributed by atoms with van der Waals surface area (Å²) in [7, 11) is 2.85. The predicted molar refractivity (Wildman–Crippen MR) is 195 cm³/mol. The summed E-state index contributed by atoms with van der Waals surface area (Å²) in [6.07, 6.45) is 1.91. The highest BCUT2D eigenvalue weighted by Crippen LogP contribution is 2.66. The molecule has 0 spiro atoms. The summed E-state index contributed by atoms with van der Waals surface area (Å²) >= 11 is 6.39. The lowest BCUT2D eigenvalue weighted by molar-refractivity contribution is -0.127. The molecule has 12 nitrogen and oxygen atoms in total. The maximum Gasteiger partial charge on any atom is 0.339 e. The van der Waals surface area contributed by atoms with Crippen LogP contribution in [0.4, 0.5) is 11.4 Å². The molecular weight excluding hydrogens is 716 g/mol. The van der Waals surface area contributed by atoms with Crippen LogP contribution in [0.2, 0.25) is 5.02 Å². The molecule has 6 atom stereocenters. The molecule has 0 unspecified atom stereocenters. The molecule has 4 aliphatic rings. The van der Waals surface area contributed by atoms with E-state index < -0.39 is 75.9 Å². The lowest BCUT2D eigenvalue weighted by Crippen LogP contribution is -2.53. The minimum absolute atomic E-state index is 0.00293. The Kier molecular flexibility index (Phi) is 8.26. The van der Waals surface area contributed by atoms with Crippen molar-refractivity contribution < 1.29 is 48.8 Å². The van der Waals surface area contributed by atoms with Gasteiger partial charge in [0, 0.05) is 34.7 Å². The van der Waals surface area contributed by atoms with Crippen LogP contribution in [-0.4, -0.2) is 59.1 Å². The van der Waals surface area contributed by atoms with Gasteiger partial charge in [-0.15, -0.1) is 0 Å². The molecule has 2 aliphatic carbocycles. The van der Waals surface area contributed by atoms with Gasteiger partial charge in [0.15, 0.2) is 0 Å². The van der Waals surface area contributed by atoms with Gasteiger partial charge in [0.1, 0.15) is 28.6 Å². The molecule has 3 N–H and O–H groups in total. The summed E-state index contributed by atoms with van der Waals surface area (Å²) in [5.74, 6) is -8.83. The molecule has 2 saturated heterocycles. The second-order valence-electron chi connectivity index (χ2n) is 13.9. The van der Waals surface area contributed by atoms with E-state index in [-0.39, 0.29) is 47.0 Å². The fraction of sp³-hybridized carbons (Fsp3) is 0.244. The van der Waals surface area contributed by atoms with Crippen molar-refractivity contribution in [1.82, 2.24) is 0 Å². The molecule has 0 bridgehead atoms. The van der Waals surface area contributed by atoms with Crippen LogP contribution in [0.3, 0.4) is 0 Å². The van der Waals surface area contributed by atoms with Crippen LogP contribution in [-0.2, 0) is 24.6 Å². The zero-order valence-electron chi connectivity index (χ0n) is 28.9. The Morgan fingerprint density at radius 1 is 0.796 bits per heavy atom. The van der Waals surface area contributed by atoms with E-state index in [2.05, 4.69) is 0 Å². The van der Waals surface area contributed by atoms with Gasteiger partial charge in [-0.05, 0) is 54.7 Å². The number of allylic oxidation sites excluding steroid dienone is 2. The number of imide groups is 2. The quantitative estimate of drug-likeness (QED) is 0.154. The number of amides is 4. The number of rotatable bonds is 7. The van der Waals surface area contributed by atoms with Crippen molar-refractivity contribution in [1.29, 1.82) is 0 Å². The number of carbonyl (C=O) groups is 5. The Morgan fingerprint density at radius 3 is 2.20 bits per heavy atom. The number of benzene rings is 4. The monoisotopic (exact) mass is 748 g/mol. The first kappa shape index (κ1) is 34.9. The Balaban J connectivity index is 1.36. The van der Waals surface area contributed by atoms with Crippen molar-refractivity contribution in [2.75, 3.05) is 24.0 Å². The van der Waals surface area contributed by atoms with Gasteiger partial charge in [-0.25, -0.2) is 14.6 Å². The smallest absolute Gasteiger partial charge is 0.339 e. The van der Waals surface area contributed by atoms with Gasteiger partial charge in [0.2, 0.25) is 23.6 Å². The van der Waals surface area contributed by atoms with Gasteiger partial charge in [-0.3, -0.25) is 19.2 Å². The van der Waals surface area contributed by atoms with Crippen molar-refractivity contribution in [2.45, 2.75) is 24.2 Å². The number of fused-ring (bicyclic) bond motifs is 4. The molecule has 2 heterocycles. The molecule has 0 aromatic heterocycles. The van der Waals surface area contributed by atoms with Crippen molar-refractivity contribution in [3.05, 3.63) is 118 Å². The molecule has 4 aromatic carbocycles. The molecule has 54 heavy (non-hydrogen) atoms. The topological polar surface area (TPSA) is 171 Å². The molecule has 3 fully saturated rings. The second-order valence-corrected chi connectivity index (χ2v) is 14.3. The van der Waals surface area contributed by atoms with Gasteiger partial charge < -0.3 is 24.8 Å². The normalized spacial score (nSPS) is 25.9. The number of anilines is 2. The number of phenols is 2. The molecule has 0 radical (unpaired) electrons. The fourth-order valence-corrected chi connectivity index (χ4v) is 9.50. The number of hydrogen-bond acceptors (Lipinski definition) is 9. The summed E-state index contributed by atoms with van der Waals surface area (Å²) in [6.45, 7) is 0. The zero-order valence-corrected chi connectivity index (χ0v) is 29.7. The summed E-state index contributed by atoms with van der Waals surface area (Å²) in [6, 6.07) is 21.7. The van der Waals surface area contributed by atoms with E-state index in [1.165, 1.54) is 32.4 Å². The summed E-state index contributed by atoms with van der Waals surface area (Å²) in [5.41, 5.74) is -0.513. The SMILES string of the molecule is COc1cc(O)c([C@H]2C3=CC[C@@H]4C(=O)N(c5ccc(C(=O)O)c(O)c5)C(=O)[C@@H]4[C@@H]3C[C@H]3C(=O)N(c4cccc(Cl)c4)C(=O)[C@@]23c2ccccc2)c(OC)c1. The molecule has 1 saturated carbocycles. The number of ether oxygens (including phenoxy) is 2. The van der Waals surface area contributed by atoms with Crippen LogP contribution in [0.25, 0.3) is 0 Å². The zero-order chi connectivity index (χ0) is 38.2. The van der Waals surface area contributed by atoms with Gasteiger partial charge in [-0.2, -0.15) is 0 Å². The van der Waals surface area contributed by atoms with Crippen molar-refractivity contribution >= 4 is 52.6 Å². The summed E-state index contributed by atoms with van der Waals surface area (Å²) in [5, 5.41) is 32.1. The first-order valence-electron chi connectivity index (χ1n) is 17.2. The van der Waals surface area contributed by atoms with Gasteiger partial charge >= 0.3 is 5.97 Å². The van der Waals surface area contributed by atoms with Crippen molar-refractivity contribution in [3.63, 3.8) is 0 Å². The first-order chi connectivity index (χ1) is 25.9. The van der Waals surface area contributed by atoms with E-state index in [0.29, 0.717) is 16.2 Å². The fourth-order valence-electron chi connectivity index (χ4n) is 9.32. The molecule has 4 aromatic rings. The molecular formula is C41H33ClN2O10. The number of methoxy groups -OCH3 is 2. The summed E-state index contributed by atoms with van der Waals surface area (Å²) < 4.78 is 11.3. The van der Waals surface area contributed by atoms with Crippen LogP contribution < -0.4 is 19.3 Å². The van der Waals surface area contributed by atoms with Gasteiger partial charge in [-0.1, -0.05) is 59.6 Å². The third kappa shape index (κ3) is 4.86. The number of carbonyl (C=O) groups excluding carboxylic acids is 4. The maximum atomic E-state index is 15.5. The van der Waals surface area contributed by atoms with E-state index in [9.17, 15) is 34.5 Å². The van der Waals surface area contributed by atoms with Crippen LogP contribution in [0.5, 0.6) is 23.0 Å². The third-order valence-electron chi connectivity index (χ3n) is 11.5. The minimum atomic E-state index is -1.67. The van der Waals surface area contributed by atoms with E-state index in [4.69, 9.17) is 21.1 Å². The van der Waals surface area contributed by atoms with Crippen LogP contribution in [0, 0.1) is 23.7 Å². The van der Waals surface area contributed by atoms with Gasteiger partial charge in [0.05, 0.1) is 48.8 Å². The number of aromatic hydroxyl groups is 2. The number of carboxylic acids is 1. The molecule has 274 valence electrons. The average molecular weight is 749 g/mol. The van der Waals surface area contributed by atoms with E-state index in [1.807, 2.05) is 6.08 Å². The third-order valence-corrected chi connectivity index (χ3v) is 11.7. The predicted octanol–water partition coefficient (Wildman–Crippen LogP) is 5.83. The Labute approximate surface area is 313 Å². The van der Waals surface area contributed by atoms with Crippen LogP contribution in [0.1, 0.15) is 40.2 Å². The highest BCUT2D eigenvalue weighted by atomic mass is 35.5. The minimum Gasteiger partial charge on any atom is -0.507 e. The number of phenolic OH excluding ortho intramolecular Hbond substituents is 1. The standard InChI is InChI=1S/C41H33ClN2O10/c1-53-24-17-31(46)34(32(18-24)54-2)35-25-13-14-27-33(38(49)43(36(27)47)23-11-12-26(39(50)51)30(45)16-23)28(25)19-29-37(48)44(22-10-6-9-21(42)15-22)40(52)41(29,35)20-7-4-3-5-8-20/h3-13,15-18,27-29,33,35,45-46H,14,19H2,1-2H3,(H,50,51)/t27-,28+,29-,33-,35+,41+/m0/s1. The second kappa shape index (κ2) is 12.8. The number of hydrogen-bond donors (Lipinski definition) is 3. The molecule has 2 aliphatic heterocycles. The van der Waals surface area contributed by atoms with E-state index >= 15 is 4.79 Å². The maximum absolute atomic E-state index is 15.5. The highest BCUT2D eigenvalue weighted by Gasteiger charge is 2.71. The molecule has 8 rings (SSSR count). The Hall–Kier alpha value is -6.14. The average Bonchev–Trinajstić information content (AvgIpc) is 3.55. The number of nitrogens with zero attached hydrogens (tertiary/aromatic N) is 2. The van der Waals surface area contributed by atoms with Gasteiger partial charge in [0.25, 0.3) is 0 Å². The highest BCUT2D eigenvalue weighted by molar-refractivity contribution is 6.32.